The molecule has 3 rings (SSSR count). The summed E-state index contributed by atoms with van der Waals surface area (Å²) in [6, 6.07) is 10.4. The van der Waals surface area contributed by atoms with Crippen molar-refractivity contribution in [2.45, 2.75) is 51.2 Å². The molecule has 1 aromatic carbocycles. The number of carboxylic acid groups (broad SMARTS) is 1. The number of aliphatic carboxylic acids is 1. The van der Waals surface area contributed by atoms with Crippen LogP contribution in [0.15, 0.2) is 30.3 Å². The largest absolute Gasteiger partial charge is 0.481 e. The third kappa shape index (κ3) is 5.53. The van der Waals surface area contributed by atoms with Crippen LogP contribution in [0.25, 0.3) is 0 Å². The van der Waals surface area contributed by atoms with Crippen molar-refractivity contribution in [2.24, 2.45) is 5.92 Å². The highest BCUT2D eigenvalue weighted by atomic mass is 16.4. The molecule has 2 heterocycles. The Kier molecular flexibility index (Phi) is 6.85. The van der Waals surface area contributed by atoms with Crippen LogP contribution >= 0.6 is 0 Å². The van der Waals surface area contributed by atoms with Crippen LogP contribution in [0.1, 0.15) is 38.2 Å². The molecular weight excluding hydrogens is 342 g/mol. The smallest absolute Gasteiger partial charge is 0.307 e. The van der Waals surface area contributed by atoms with Gasteiger partial charge in [0.15, 0.2) is 0 Å². The second-order valence-electron chi connectivity index (χ2n) is 7.89. The number of carboxylic acids is 1. The molecule has 2 aliphatic heterocycles. The number of piperidine rings is 2. The molecule has 0 bridgehead atoms. The molecule has 2 saturated heterocycles. The van der Waals surface area contributed by atoms with Crippen molar-refractivity contribution in [3.05, 3.63) is 35.9 Å². The van der Waals surface area contributed by atoms with Gasteiger partial charge in [0.05, 0.1) is 12.0 Å². The highest BCUT2D eigenvalue weighted by Crippen LogP contribution is 2.19. The summed E-state index contributed by atoms with van der Waals surface area (Å²) < 4.78 is 0. The summed E-state index contributed by atoms with van der Waals surface area (Å²) in [7, 11) is 0. The molecule has 0 saturated carbocycles. The van der Waals surface area contributed by atoms with E-state index in [1.165, 1.54) is 5.56 Å². The third-order valence-corrected chi connectivity index (χ3v) is 5.91. The van der Waals surface area contributed by atoms with Crippen LogP contribution < -0.4 is 5.32 Å². The lowest BCUT2D eigenvalue weighted by Crippen LogP contribution is -2.53. The number of rotatable bonds is 6. The van der Waals surface area contributed by atoms with Crippen LogP contribution in [0, 0.1) is 5.92 Å². The molecule has 148 valence electrons. The fourth-order valence-electron chi connectivity index (χ4n) is 4.12. The number of nitrogens with zero attached hydrogens (tertiary/aromatic N) is 2. The first-order valence-electron chi connectivity index (χ1n) is 10.1. The second kappa shape index (κ2) is 9.33. The standard InChI is InChI=1S/C21H31N3O3/c1-16(24-11-5-8-18(15-24)21(26)27)20(25)22-19-9-12-23(13-10-19)14-17-6-3-2-4-7-17/h2-4,6-7,16,18-19H,5,8-15H2,1H3,(H,22,25)(H,26,27). The fourth-order valence-corrected chi connectivity index (χ4v) is 4.12. The lowest BCUT2D eigenvalue weighted by atomic mass is 9.96. The normalized spacial score (nSPS) is 23.7. The number of likely N-dealkylation sites (tertiary alicyclic amines) is 2. The minimum atomic E-state index is -0.752. The van der Waals surface area contributed by atoms with Gasteiger partial charge in [0.25, 0.3) is 0 Å². The van der Waals surface area contributed by atoms with Crippen molar-refractivity contribution in [3.63, 3.8) is 0 Å². The van der Waals surface area contributed by atoms with Crippen molar-refractivity contribution < 1.29 is 14.7 Å². The van der Waals surface area contributed by atoms with Gasteiger partial charge in [0.2, 0.25) is 5.91 Å². The molecule has 2 aliphatic rings. The van der Waals surface area contributed by atoms with Gasteiger partial charge in [-0.1, -0.05) is 30.3 Å². The SMILES string of the molecule is CC(C(=O)NC1CCN(Cc2ccccc2)CC1)N1CCCC(C(=O)O)C1. The zero-order valence-corrected chi connectivity index (χ0v) is 16.1. The Balaban J connectivity index is 1.43. The maximum Gasteiger partial charge on any atom is 0.307 e. The Morgan fingerprint density at radius 3 is 2.52 bits per heavy atom. The van der Waals surface area contributed by atoms with Gasteiger partial charge in [-0.3, -0.25) is 19.4 Å². The van der Waals surface area contributed by atoms with Gasteiger partial charge >= 0.3 is 5.97 Å². The minimum absolute atomic E-state index is 0.0301. The Morgan fingerprint density at radius 1 is 1.15 bits per heavy atom. The van der Waals surface area contributed by atoms with E-state index < -0.39 is 5.97 Å². The van der Waals surface area contributed by atoms with Crippen LogP contribution in [0.2, 0.25) is 0 Å². The van der Waals surface area contributed by atoms with Crippen LogP contribution in [0.3, 0.4) is 0 Å². The summed E-state index contributed by atoms with van der Waals surface area (Å²) >= 11 is 0. The number of hydrogen-bond acceptors (Lipinski definition) is 4. The first-order valence-corrected chi connectivity index (χ1v) is 10.1. The molecule has 2 N–H and O–H groups in total. The maximum absolute atomic E-state index is 12.6. The van der Waals surface area contributed by atoms with E-state index in [1.807, 2.05) is 17.9 Å². The summed E-state index contributed by atoms with van der Waals surface area (Å²) in [4.78, 5) is 28.3. The monoisotopic (exact) mass is 373 g/mol. The molecule has 6 nitrogen and oxygen atoms in total. The summed E-state index contributed by atoms with van der Waals surface area (Å²) in [5.74, 6) is -1.07. The molecule has 0 radical (unpaired) electrons. The average molecular weight is 373 g/mol. The van der Waals surface area contributed by atoms with E-state index in [0.717, 1.165) is 45.4 Å². The topological polar surface area (TPSA) is 72.9 Å². The molecule has 2 fully saturated rings. The van der Waals surface area contributed by atoms with Gasteiger partial charge in [-0.05, 0) is 44.7 Å². The predicted molar refractivity (Wildman–Crippen MR) is 104 cm³/mol. The molecule has 2 atom stereocenters. The summed E-state index contributed by atoms with van der Waals surface area (Å²) in [6.07, 6.45) is 3.47. The zero-order chi connectivity index (χ0) is 19.2. The van der Waals surface area contributed by atoms with Crippen molar-refractivity contribution in [2.75, 3.05) is 26.2 Å². The van der Waals surface area contributed by atoms with E-state index in [9.17, 15) is 14.7 Å². The second-order valence-corrected chi connectivity index (χ2v) is 7.89. The first kappa shape index (κ1) is 19.8. The van der Waals surface area contributed by atoms with Gasteiger partial charge in [-0.25, -0.2) is 0 Å². The minimum Gasteiger partial charge on any atom is -0.481 e. The van der Waals surface area contributed by atoms with Crippen LogP contribution in [0.5, 0.6) is 0 Å². The highest BCUT2D eigenvalue weighted by Gasteiger charge is 2.31. The van der Waals surface area contributed by atoms with E-state index in [0.29, 0.717) is 13.0 Å². The molecular formula is C21H31N3O3. The number of amides is 1. The maximum atomic E-state index is 12.6. The number of carbonyl (C=O) groups excluding carboxylic acids is 1. The zero-order valence-electron chi connectivity index (χ0n) is 16.1. The summed E-state index contributed by atoms with van der Waals surface area (Å²) in [6.45, 7) is 6.09. The van der Waals surface area contributed by atoms with Gasteiger partial charge in [0.1, 0.15) is 0 Å². The molecule has 0 spiro atoms. The van der Waals surface area contributed by atoms with Crippen molar-refractivity contribution >= 4 is 11.9 Å². The lowest BCUT2D eigenvalue weighted by Gasteiger charge is -2.36. The highest BCUT2D eigenvalue weighted by molar-refractivity contribution is 5.81. The van der Waals surface area contributed by atoms with Crippen molar-refractivity contribution in [1.82, 2.24) is 15.1 Å². The summed E-state index contributed by atoms with van der Waals surface area (Å²) in [5, 5.41) is 12.4. The Morgan fingerprint density at radius 2 is 1.85 bits per heavy atom. The van der Waals surface area contributed by atoms with Crippen LogP contribution in [0.4, 0.5) is 0 Å². The van der Waals surface area contributed by atoms with Gasteiger partial charge in [-0.15, -0.1) is 0 Å². The van der Waals surface area contributed by atoms with E-state index in [-0.39, 0.29) is 23.9 Å². The number of hydrogen-bond donors (Lipinski definition) is 2. The quantitative estimate of drug-likeness (QED) is 0.797. The first-order chi connectivity index (χ1) is 13.0. The Labute approximate surface area is 161 Å². The molecule has 6 heteroatoms. The van der Waals surface area contributed by atoms with E-state index in [1.54, 1.807) is 0 Å². The molecule has 2 unspecified atom stereocenters. The van der Waals surface area contributed by atoms with E-state index in [4.69, 9.17) is 0 Å². The Hall–Kier alpha value is -1.92. The van der Waals surface area contributed by atoms with Crippen LogP contribution in [-0.4, -0.2) is 65.0 Å². The van der Waals surface area contributed by atoms with Gasteiger partial charge < -0.3 is 10.4 Å². The summed E-state index contributed by atoms with van der Waals surface area (Å²) in [5.41, 5.74) is 1.33. The average Bonchev–Trinajstić information content (AvgIpc) is 2.69. The van der Waals surface area contributed by atoms with Crippen LogP contribution in [-0.2, 0) is 16.1 Å². The van der Waals surface area contributed by atoms with Crippen molar-refractivity contribution in [3.8, 4) is 0 Å². The van der Waals surface area contributed by atoms with E-state index in [2.05, 4.69) is 34.5 Å². The molecule has 0 aromatic heterocycles. The van der Waals surface area contributed by atoms with Crippen molar-refractivity contribution in [1.29, 1.82) is 0 Å². The predicted octanol–water partition coefficient (Wildman–Crippen LogP) is 1.95. The van der Waals surface area contributed by atoms with E-state index >= 15 is 0 Å². The molecule has 27 heavy (non-hydrogen) atoms. The molecule has 1 amide bonds. The number of nitrogens with one attached hydrogen (secondary N) is 1. The third-order valence-electron chi connectivity index (χ3n) is 5.91. The lowest BCUT2D eigenvalue weighted by molar-refractivity contribution is -0.145. The molecule has 1 aromatic rings. The number of benzene rings is 1. The fraction of sp³-hybridized carbons (Fsp3) is 0.619. The van der Waals surface area contributed by atoms with Gasteiger partial charge in [0, 0.05) is 32.2 Å². The Bertz CT molecular complexity index is 629. The number of carbonyl (C=O) groups is 2. The van der Waals surface area contributed by atoms with Gasteiger partial charge in [-0.2, -0.15) is 0 Å². The molecule has 0 aliphatic carbocycles.